The minimum Gasteiger partial charge on any atom is -0.462 e. The van der Waals surface area contributed by atoms with Crippen molar-refractivity contribution >= 4 is 39.5 Å². The maximum absolute atomic E-state index is 13.1. The van der Waals surface area contributed by atoms with Crippen molar-refractivity contribution in [1.29, 1.82) is 0 Å². The average Bonchev–Trinajstić information content (AvgIpc) is 0.928. The highest BCUT2D eigenvalue weighted by molar-refractivity contribution is 7.47. The van der Waals surface area contributed by atoms with E-state index in [2.05, 4.69) is 137 Å². The van der Waals surface area contributed by atoms with E-state index >= 15 is 0 Å². The molecule has 0 spiro atoms. The van der Waals surface area contributed by atoms with Crippen molar-refractivity contribution in [2.24, 2.45) is 0 Å². The molecule has 0 aromatic heterocycles. The van der Waals surface area contributed by atoms with Gasteiger partial charge in [-0.25, -0.2) is 9.13 Å². The molecule has 0 bridgehead atoms. The summed E-state index contributed by atoms with van der Waals surface area (Å²) < 4.78 is 68.6. The summed E-state index contributed by atoms with van der Waals surface area (Å²) in [5.74, 6) is -2.21. The molecular weight excluding hydrogens is 1330 g/mol. The first-order chi connectivity index (χ1) is 49.7. The molecule has 0 aromatic rings. The van der Waals surface area contributed by atoms with Crippen LogP contribution < -0.4 is 0 Å². The van der Waals surface area contributed by atoms with Gasteiger partial charge in [-0.05, 0) is 109 Å². The molecule has 0 aliphatic rings. The second-order valence-electron chi connectivity index (χ2n) is 26.6. The zero-order valence-electron chi connectivity index (χ0n) is 64.3. The topological polar surface area (TPSA) is 237 Å². The molecule has 3 N–H and O–H groups in total. The molecule has 0 radical (unpaired) electrons. The van der Waals surface area contributed by atoms with Crippen LogP contribution in [0.15, 0.2) is 109 Å². The number of aliphatic hydroxyl groups is 1. The number of aliphatic hydroxyl groups excluding tert-OH is 1. The summed E-state index contributed by atoms with van der Waals surface area (Å²) in [6, 6.07) is 0. The highest BCUT2D eigenvalue weighted by Crippen LogP contribution is 2.45. The summed E-state index contributed by atoms with van der Waals surface area (Å²) in [6.45, 7) is 4.62. The van der Waals surface area contributed by atoms with Crippen LogP contribution in [0.5, 0.6) is 0 Å². The van der Waals surface area contributed by atoms with Gasteiger partial charge in [0, 0.05) is 25.7 Å². The Bertz CT molecular complexity index is 2360. The summed E-state index contributed by atoms with van der Waals surface area (Å²) in [7, 11) is -9.96. The number of rotatable bonds is 75. The van der Waals surface area contributed by atoms with Gasteiger partial charge in [0.25, 0.3) is 0 Å². The van der Waals surface area contributed by atoms with Gasteiger partial charge < -0.3 is 33.8 Å². The molecule has 0 saturated carbocycles. The van der Waals surface area contributed by atoms with E-state index < -0.39 is 97.5 Å². The van der Waals surface area contributed by atoms with Gasteiger partial charge in [-0.3, -0.25) is 37.3 Å². The molecule has 588 valence electrons. The van der Waals surface area contributed by atoms with Gasteiger partial charge in [-0.15, -0.1) is 0 Å². The number of allylic oxidation sites excluding steroid dienone is 18. The highest BCUT2D eigenvalue weighted by Gasteiger charge is 2.30. The fraction of sp³-hybridized carbons (Fsp3) is 0.735. The van der Waals surface area contributed by atoms with Crippen molar-refractivity contribution in [2.45, 2.75) is 354 Å². The maximum atomic E-state index is 13.1. The third-order valence-electron chi connectivity index (χ3n) is 16.8. The molecule has 0 aliphatic heterocycles. The van der Waals surface area contributed by atoms with Gasteiger partial charge in [0.2, 0.25) is 0 Å². The fourth-order valence-electron chi connectivity index (χ4n) is 10.7. The Hall–Kier alpha value is -4.28. The van der Waals surface area contributed by atoms with E-state index in [1.807, 2.05) is 0 Å². The smallest absolute Gasteiger partial charge is 0.462 e. The molecule has 0 saturated heterocycles. The van der Waals surface area contributed by atoms with Gasteiger partial charge >= 0.3 is 39.5 Å². The van der Waals surface area contributed by atoms with Crippen molar-refractivity contribution < 1.29 is 80.2 Å². The van der Waals surface area contributed by atoms with E-state index in [0.717, 1.165) is 167 Å². The quantitative estimate of drug-likeness (QED) is 0.0169. The predicted molar refractivity (Wildman–Crippen MR) is 418 cm³/mol. The first kappa shape index (κ1) is 97.7. The van der Waals surface area contributed by atoms with E-state index in [1.165, 1.54) is 89.9 Å². The van der Waals surface area contributed by atoms with E-state index in [1.54, 1.807) is 0 Å². The summed E-state index contributed by atoms with van der Waals surface area (Å²) in [4.78, 5) is 73.0. The minimum absolute atomic E-state index is 0.0892. The largest absolute Gasteiger partial charge is 0.472 e. The summed E-state index contributed by atoms with van der Waals surface area (Å²) >= 11 is 0. The minimum atomic E-state index is -4.98. The Labute approximate surface area is 619 Å². The van der Waals surface area contributed by atoms with Gasteiger partial charge in [0.1, 0.15) is 19.3 Å². The van der Waals surface area contributed by atoms with E-state index in [0.29, 0.717) is 25.7 Å². The van der Waals surface area contributed by atoms with Crippen molar-refractivity contribution in [3.63, 3.8) is 0 Å². The molecule has 0 rings (SSSR count). The lowest BCUT2D eigenvalue weighted by Gasteiger charge is -2.21. The maximum Gasteiger partial charge on any atom is 0.472 e. The number of phosphoric ester groups is 2. The summed E-state index contributed by atoms with van der Waals surface area (Å²) in [6.07, 6.45) is 80.7. The third-order valence-corrected chi connectivity index (χ3v) is 18.7. The van der Waals surface area contributed by atoms with Crippen molar-refractivity contribution in [2.75, 3.05) is 39.6 Å². The molecule has 5 unspecified atom stereocenters. The standard InChI is InChI=1S/C83H144O17P2/c1-5-9-13-17-21-25-29-32-34-36-38-40-42-45-48-51-55-59-63-67-80(85)93-73-78(99-82(87)69-65-61-57-53-47-28-24-20-16-12-8-4)75-97-101(89,90)95-71-77(84)72-96-102(91,92)98-76-79(100-83(88)70-66-62-58-54-50-44-31-27-23-19-15-11-7-3)74-94-81(86)68-64-60-56-52-49-46-43-41-39-37-35-33-30-26-22-18-14-10-6-2/h9-10,13-14,21-22,25-26,32-35,38-41,45,48,77-79,84H,5-8,11-12,15-20,23-24,27-31,36-37,42-44,46-47,49-76H2,1-4H3,(H,89,90)(H,91,92)/b13-9-,14-10-,25-21-,26-22-,34-32-,35-33-,40-38-,41-39-,48-45-. The van der Waals surface area contributed by atoms with Gasteiger partial charge in [0.05, 0.1) is 26.4 Å². The Morgan fingerprint density at radius 1 is 0.284 bits per heavy atom. The number of hydrogen-bond donors (Lipinski definition) is 3. The average molecular weight is 1480 g/mol. The first-order valence-electron chi connectivity index (χ1n) is 40.1. The Morgan fingerprint density at radius 3 is 0.794 bits per heavy atom. The lowest BCUT2D eigenvalue weighted by atomic mass is 10.0. The summed E-state index contributed by atoms with van der Waals surface area (Å²) in [5.41, 5.74) is 0. The zero-order chi connectivity index (χ0) is 74.6. The SMILES string of the molecule is CC/C=C\C/C=C\C/C=C\C/C=C\C/C=C\CCCCCC(=O)OCC(COP(=O)(O)OCC(O)COP(=O)(O)OCC(COC(=O)CCCCCCCC/C=C\C/C=C\C/C=C\C/C=C\CC)OC(=O)CCCCCCCCCCCCCCC)OC(=O)CCCCCCCCCCCCC. The summed E-state index contributed by atoms with van der Waals surface area (Å²) in [5, 5.41) is 10.6. The number of esters is 4. The highest BCUT2D eigenvalue weighted by atomic mass is 31.2. The molecule has 0 amide bonds. The number of hydrogen-bond acceptors (Lipinski definition) is 15. The Balaban J connectivity index is 5.32. The number of carbonyl (C=O) groups is 4. The Kier molecular flexibility index (Phi) is 71.8. The number of unbranched alkanes of at least 4 members (excludes halogenated alkanes) is 31. The van der Waals surface area contributed by atoms with Crippen molar-refractivity contribution in [3.8, 4) is 0 Å². The molecule has 0 aromatic carbocycles. The van der Waals surface area contributed by atoms with Crippen LogP contribution >= 0.6 is 15.6 Å². The molecular formula is C83H144O17P2. The van der Waals surface area contributed by atoms with Gasteiger partial charge in [0.15, 0.2) is 12.2 Å². The fourth-order valence-corrected chi connectivity index (χ4v) is 12.3. The second-order valence-corrected chi connectivity index (χ2v) is 29.5. The second kappa shape index (κ2) is 75.0. The molecule has 17 nitrogen and oxygen atoms in total. The third kappa shape index (κ3) is 74.0. The van der Waals surface area contributed by atoms with Crippen molar-refractivity contribution in [1.82, 2.24) is 0 Å². The van der Waals surface area contributed by atoms with Crippen LogP contribution in [0.1, 0.15) is 336 Å². The molecule has 19 heteroatoms. The van der Waals surface area contributed by atoms with Crippen LogP contribution in [0.4, 0.5) is 0 Å². The van der Waals surface area contributed by atoms with E-state index in [9.17, 15) is 43.2 Å². The lowest BCUT2D eigenvalue weighted by molar-refractivity contribution is -0.161. The normalized spacial score (nSPS) is 14.5. The molecule has 0 aliphatic carbocycles. The van der Waals surface area contributed by atoms with Crippen LogP contribution in [-0.2, 0) is 65.4 Å². The van der Waals surface area contributed by atoms with Crippen LogP contribution in [0.2, 0.25) is 0 Å². The predicted octanol–water partition coefficient (Wildman–Crippen LogP) is 23.3. The van der Waals surface area contributed by atoms with Crippen LogP contribution in [0.3, 0.4) is 0 Å². The zero-order valence-corrected chi connectivity index (χ0v) is 66.0. The lowest BCUT2D eigenvalue weighted by Crippen LogP contribution is -2.30. The molecule has 0 fully saturated rings. The van der Waals surface area contributed by atoms with Crippen LogP contribution in [-0.4, -0.2) is 96.7 Å². The van der Waals surface area contributed by atoms with Crippen molar-refractivity contribution in [3.05, 3.63) is 109 Å². The molecule has 0 heterocycles. The monoisotopic (exact) mass is 1470 g/mol. The number of ether oxygens (including phenoxy) is 4. The number of carbonyl (C=O) groups excluding carboxylic acids is 4. The van der Waals surface area contributed by atoms with Crippen LogP contribution in [0.25, 0.3) is 0 Å². The van der Waals surface area contributed by atoms with Gasteiger partial charge in [-0.2, -0.15) is 0 Å². The van der Waals surface area contributed by atoms with E-state index in [4.69, 9.17) is 37.0 Å². The molecule has 102 heavy (non-hydrogen) atoms. The molecule has 5 atom stereocenters. The first-order valence-corrected chi connectivity index (χ1v) is 43.1. The van der Waals surface area contributed by atoms with Crippen LogP contribution in [0, 0.1) is 0 Å². The Morgan fingerprint density at radius 2 is 0.510 bits per heavy atom. The number of phosphoric acid groups is 2. The van der Waals surface area contributed by atoms with Gasteiger partial charge in [-0.1, -0.05) is 310 Å². The van der Waals surface area contributed by atoms with E-state index in [-0.39, 0.29) is 25.7 Å².